The summed E-state index contributed by atoms with van der Waals surface area (Å²) in [5.41, 5.74) is -0.586. The summed E-state index contributed by atoms with van der Waals surface area (Å²) in [7, 11) is 0. The summed E-state index contributed by atoms with van der Waals surface area (Å²) in [5.74, 6) is -2.95. The van der Waals surface area contributed by atoms with Crippen molar-refractivity contribution in [3.63, 3.8) is 0 Å². The number of anilines is 1. The van der Waals surface area contributed by atoms with Crippen LogP contribution in [0.1, 0.15) is 78.7 Å². The summed E-state index contributed by atoms with van der Waals surface area (Å²) in [6.07, 6.45) is 2.72. The van der Waals surface area contributed by atoms with Gasteiger partial charge >= 0.3 is 5.97 Å². The monoisotopic (exact) mass is 593 g/mol. The van der Waals surface area contributed by atoms with E-state index in [2.05, 4.69) is 12.2 Å². The standard InChI is InChI=1S/C32H35NO8S/c1-16-4-6-17(7-5-16)29(40)42-23-13-22(35)30(2,27-21-12-18-14-32(23,27)15-31(18,3)41-21)11-10-24(36)33-25-20(34)9-8-19(26(25)37)28(38)39/h4-9,18,21,23,27,34,37H,10-15H2,1-3H3,(H,33,36)(H,38,39)/t18-,21-,23-,27-,30+,31-,32-/m0/s1. The number of hydrogen-bond donors (Lipinski definition) is 4. The van der Waals surface area contributed by atoms with E-state index in [1.165, 1.54) is 11.8 Å². The number of rotatable bonds is 7. The summed E-state index contributed by atoms with van der Waals surface area (Å²) in [6.45, 7) is 6.03. The molecule has 42 heavy (non-hydrogen) atoms. The average molecular weight is 594 g/mol. The van der Waals surface area contributed by atoms with Crippen LogP contribution in [0.2, 0.25) is 0 Å². The second kappa shape index (κ2) is 9.84. The predicted molar refractivity (Wildman–Crippen MR) is 156 cm³/mol. The zero-order chi connectivity index (χ0) is 30.2. The molecular weight excluding hydrogens is 558 g/mol. The fraction of sp³-hybridized carbons (Fsp3) is 0.500. The van der Waals surface area contributed by atoms with E-state index < -0.39 is 34.4 Å². The number of aryl methyl sites for hydroxylation is 1. The number of phenols is 2. The Morgan fingerprint density at radius 2 is 1.81 bits per heavy atom. The zero-order valence-electron chi connectivity index (χ0n) is 23.8. The molecular formula is C32H35NO8S. The SMILES string of the molecule is Cc1ccc(C(=O)S[C@H]2CC(=O)[C@@](C)(CCC(=O)Nc3c(O)ccc(C(=O)O)c3O)[C@@H]3[C@@H]4C[C@H]5C[C@]23C[C@]5(C)O4)cc1. The highest BCUT2D eigenvalue weighted by Crippen LogP contribution is 2.74. The number of hydrogen-bond acceptors (Lipinski definition) is 8. The van der Waals surface area contributed by atoms with E-state index in [1.807, 2.05) is 38.1 Å². The highest BCUT2D eigenvalue weighted by Gasteiger charge is 2.75. The number of phenolic OH excluding ortho intramolecular Hbond substituents is 1. The molecule has 9 nitrogen and oxygen atoms in total. The second-order valence-corrected chi connectivity index (χ2v) is 14.2. The first-order valence-corrected chi connectivity index (χ1v) is 15.2. The van der Waals surface area contributed by atoms with Crippen molar-refractivity contribution in [2.24, 2.45) is 22.7 Å². The first-order chi connectivity index (χ1) is 19.8. The number of benzene rings is 2. The molecule has 4 N–H and O–H groups in total. The van der Waals surface area contributed by atoms with Gasteiger partial charge in [0, 0.05) is 35.0 Å². The predicted octanol–water partition coefficient (Wildman–Crippen LogP) is 5.32. The number of ether oxygens (including phenoxy) is 1. The average Bonchev–Trinajstić information content (AvgIpc) is 3.30. The first-order valence-electron chi connectivity index (χ1n) is 14.3. The maximum Gasteiger partial charge on any atom is 0.339 e. The number of ketones is 1. The van der Waals surface area contributed by atoms with Gasteiger partial charge in [0.05, 0.1) is 11.7 Å². The molecule has 2 aromatic rings. The van der Waals surface area contributed by atoms with Gasteiger partial charge in [0.15, 0.2) is 5.75 Å². The highest BCUT2D eigenvalue weighted by atomic mass is 32.2. The highest BCUT2D eigenvalue weighted by molar-refractivity contribution is 8.14. The van der Waals surface area contributed by atoms with E-state index in [1.54, 1.807) is 0 Å². The number of carboxylic acids is 1. The number of aromatic hydroxyl groups is 2. The Hall–Kier alpha value is -3.37. The second-order valence-electron chi connectivity index (χ2n) is 13.0. The van der Waals surface area contributed by atoms with E-state index in [0.29, 0.717) is 11.5 Å². The number of thioether (sulfide) groups is 1. The molecule has 5 fully saturated rings. The van der Waals surface area contributed by atoms with Crippen LogP contribution in [0.5, 0.6) is 11.5 Å². The lowest BCUT2D eigenvalue weighted by Crippen LogP contribution is -2.63. The van der Waals surface area contributed by atoms with Crippen molar-refractivity contribution in [1.82, 2.24) is 0 Å². The van der Waals surface area contributed by atoms with E-state index in [9.17, 15) is 34.5 Å². The van der Waals surface area contributed by atoms with Gasteiger partial charge < -0.3 is 25.4 Å². The van der Waals surface area contributed by atoms with Crippen LogP contribution in [-0.4, -0.2) is 55.0 Å². The third-order valence-corrected chi connectivity index (χ3v) is 11.9. The molecule has 0 radical (unpaired) electrons. The van der Waals surface area contributed by atoms with Gasteiger partial charge in [-0.25, -0.2) is 4.79 Å². The molecule has 2 heterocycles. The maximum atomic E-state index is 14.0. The minimum absolute atomic E-state index is 0.00116. The summed E-state index contributed by atoms with van der Waals surface area (Å²) < 4.78 is 6.60. The van der Waals surface area contributed by atoms with Gasteiger partial charge in [-0.05, 0) is 63.0 Å². The summed E-state index contributed by atoms with van der Waals surface area (Å²) in [6, 6.07) is 9.62. The van der Waals surface area contributed by atoms with Crippen molar-refractivity contribution in [3.05, 3.63) is 53.1 Å². The number of amides is 1. The van der Waals surface area contributed by atoms with Gasteiger partial charge in [0.25, 0.3) is 0 Å². The van der Waals surface area contributed by atoms with Crippen LogP contribution >= 0.6 is 11.8 Å². The lowest BCUT2D eigenvalue weighted by atomic mass is 9.48. The number of Topliss-reactive ketones (excluding diaryl/α,β-unsaturated/α-hetero) is 1. The molecule has 3 aliphatic carbocycles. The lowest BCUT2D eigenvalue weighted by Gasteiger charge is -2.60. The normalized spacial score (nSPS) is 34.3. The van der Waals surface area contributed by atoms with Gasteiger partial charge in [-0.1, -0.05) is 48.5 Å². The third-order valence-electron chi connectivity index (χ3n) is 10.5. The Kier molecular flexibility index (Phi) is 6.73. The van der Waals surface area contributed by atoms with E-state index in [4.69, 9.17) is 4.74 Å². The van der Waals surface area contributed by atoms with Crippen LogP contribution in [0.3, 0.4) is 0 Å². The Labute approximate surface area is 248 Å². The molecule has 1 spiro atoms. The number of aromatic carboxylic acids is 1. The summed E-state index contributed by atoms with van der Waals surface area (Å²) >= 11 is 1.28. The van der Waals surface area contributed by atoms with Crippen molar-refractivity contribution in [3.8, 4) is 11.5 Å². The van der Waals surface area contributed by atoms with Crippen LogP contribution in [0.4, 0.5) is 5.69 Å². The molecule has 7 atom stereocenters. The molecule has 0 unspecified atom stereocenters. The molecule has 2 aliphatic heterocycles. The summed E-state index contributed by atoms with van der Waals surface area (Å²) in [5, 5.41) is 32.0. The van der Waals surface area contributed by atoms with Gasteiger partial charge in [-0.15, -0.1) is 0 Å². The van der Waals surface area contributed by atoms with Crippen LogP contribution in [-0.2, 0) is 14.3 Å². The largest absolute Gasteiger partial charge is 0.506 e. The van der Waals surface area contributed by atoms with Gasteiger partial charge in [-0.2, -0.15) is 0 Å². The number of nitrogens with one attached hydrogen (secondary N) is 1. The van der Waals surface area contributed by atoms with Crippen molar-refractivity contribution in [2.45, 2.75) is 76.3 Å². The van der Waals surface area contributed by atoms with Crippen LogP contribution in [0, 0.1) is 29.6 Å². The van der Waals surface area contributed by atoms with Crippen molar-refractivity contribution in [1.29, 1.82) is 0 Å². The Balaban J connectivity index is 1.25. The quantitative estimate of drug-likeness (QED) is 0.313. The number of carbonyl (C=O) groups is 4. The van der Waals surface area contributed by atoms with E-state index >= 15 is 0 Å². The minimum atomic E-state index is -1.40. The third kappa shape index (κ3) is 4.33. The molecule has 1 amide bonds. The summed E-state index contributed by atoms with van der Waals surface area (Å²) in [4.78, 5) is 51.9. The van der Waals surface area contributed by atoms with Gasteiger partial charge in [0.1, 0.15) is 22.8 Å². The fourth-order valence-corrected chi connectivity index (χ4v) is 9.89. The Morgan fingerprint density at radius 3 is 2.48 bits per heavy atom. The molecule has 222 valence electrons. The lowest BCUT2D eigenvalue weighted by molar-refractivity contribution is -0.189. The van der Waals surface area contributed by atoms with Crippen molar-refractivity contribution in [2.75, 3.05) is 5.32 Å². The van der Waals surface area contributed by atoms with Crippen molar-refractivity contribution < 1.29 is 39.2 Å². The van der Waals surface area contributed by atoms with E-state index in [-0.39, 0.29) is 64.1 Å². The molecule has 0 aromatic heterocycles. The fourth-order valence-electron chi connectivity index (χ4n) is 8.56. The zero-order valence-corrected chi connectivity index (χ0v) is 24.6. The van der Waals surface area contributed by atoms with Crippen LogP contribution in [0.15, 0.2) is 36.4 Å². The molecule has 4 bridgehead atoms. The van der Waals surface area contributed by atoms with Gasteiger partial charge in [0.2, 0.25) is 11.0 Å². The Morgan fingerprint density at radius 1 is 1.10 bits per heavy atom. The molecule has 5 aliphatic rings. The number of carbonyl (C=O) groups excluding carboxylic acids is 3. The van der Waals surface area contributed by atoms with Crippen LogP contribution < -0.4 is 5.32 Å². The first kappa shape index (κ1) is 28.7. The van der Waals surface area contributed by atoms with E-state index in [0.717, 1.165) is 37.0 Å². The van der Waals surface area contributed by atoms with Crippen LogP contribution in [0.25, 0.3) is 0 Å². The molecule has 3 saturated carbocycles. The topological polar surface area (TPSA) is 150 Å². The number of carboxylic acid groups (broad SMARTS) is 1. The molecule has 7 rings (SSSR count). The van der Waals surface area contributed by atoms with Crippen molar-refractivity contribution >= 4 is 40.2 Å². The van der Waals surface area contributed by atoms with Gasteiger partial charge in [-0.3, -0.25) is 14.4 Å². The maximum absolute atomic E-state index is 14.0. The molecule has 2 saturated heterocycles. The molecule has 2 aromatic carbocycles. The Bertz CT molecular complexity index is 1510. The molecule has 10 heteroatoms. The smallest absolute Gasteiger partial charge is 0.339 e. The minimum Gasteiger partial charge on any atom is -0.506 e.